The summed E-state index contributed by atoms with van der Waals surface area (Å²) in [5, 5.41) is 39.3. The van der Waals surface area contributed by atoms with Gasteiger partial charge in [-0.3, -0.25) is 0 Å². The molecule has 28 heavy (non-hydrogen) atoms. The zero-order chi connectivity index (χ0) is 20.4. The number of benzene rings is 1. The first kappa shape index (κ1) is 22.3. The molecule has 5 atom stereocenters. The van der Waals surface area contributed by atoms with Crippen molar-refractivity contribution in [2.45, 2.75) is 50.4 Å². The molecule has 0 aliphatic heterocycles. The van der Waals surface area contributed by atoms with E-state index in [1.54, 1.807) is 24.3 Å². The van der Waals surface area contributed by atoms with E-state index in [-0.39, 0.29) is 24.0 Å². The fraction of sp³-hybridized carbons (Fsp3) is 0.478. The molecule has 0 amide bonds. The Morgan fingerprint density at radius 3 is 2.68 bits per heavy atom. The fourth-order valence-electron chi connectivity index (χ4n) is 3.45. The number of halogens is 1. The highest BCUT2D eigenvalue weighted by Gasteiger charge is 2.39. The van der Waals surface area contributed by atoms with Gasteiger partial charge >= 0.3 is 0 Å². The minimum absolute atomic E-state index is 0.132. The number of aliphatic hydroxyl groups excluding tert-OH is 4. The van der Waals surface area contributed by atoms with Crippen molar-refractivity contribution in [3.8, 4) is 11.8 Å². The Bertz CT molecular complexity index is 719. The lowest BCUT2D eigenvalue weighted by atomic mass is 9.89. The van der Waals surface area contributed by atoms with E-state index in [1.165, 1.54) is 12.1 Å². The topological polar surface area (TPSA) is 80.9 Å². The molecule has 1 aliphatic carbocycles. The van der Waals surface area contributed by atoms with Crippen LogP contribution in [0.3, 0.4) is 0 Å². The molecule has 0 radical (unpaired) electrons. The van der Waals surface area contributed by atoms with Gasteiger partial charge in [0.2, 0.25) is 0 Å². The molecule has 0 aromatic heterocycles. The Labute approximate surface area is 166 Å². The van der Waals surface area contributed by atoms with Crippen molar-refractivity contribution in [3.63, 3.8) is 0 Å². The van der Waals surface area contributed by atoms with E-state index >= 15 is 0 Å². The van der Waals surface area contributed by atoms with Crippen LogP contribution in [0.15, 0.2) is 48.6 Å². The monoisotopic (exact) mass is 388 g/mol. The standard InChI is InChI=1S/C23H29FO4/c24-21-10-6-5-8-17(21)11-12-18(26)13-14-20-19(22(27)16-23(20)28)9-4-2-1-3-7-15-25/h2,4-6,8,10,13-14,18-20,22-23,25-28H,1,3,7,9,15-16H2/b4-2-,14-13+/t18?,19-,20-,22+,23-/m1/s1. The number of rotatable bonds is 8. The van der Waals surface area contributed by atoms with Gasteiger partial charge in [0.15, 0.2) is 0 Å². The van der Waals surface area contributed by atoms with Crippen LogP contribution < -0.4 is 0 Å². The lowest BCUT2D eigenvalue weighted by Crippen LogP contribution is -2.20. The van der Waals surface area contributed by atoms with Crippen LogP contribution in [0.1, 0.15) is 37.7 Å². The van der Waals surface area contributed by atoms with Gasteiger partial charge < -0.3 is 20.4 Å². The van der Waals surface area contributed by atoms with E-state index < -0.39 is 24.1 Å². The molecular formula is C23H29FO4. The second-order valence-electron chi connectivity index (χ2n) is 7.12. The molecule has 0 heterocycles. The van der Waals surface area contributed by atoms with Gasteiger partial charge in [-0.1, -0.05) is 42.2 Å². The normalized spacial score (nSPS) is 25.9. The summed E-state index contributed by atoms with van der Waals surface area (Å²) in [5.41, 5.74) is 0.218. The number of allylic oxidation sites excluding steroid dienone is 2. The zero-order valence-electron chi connectivity index (χ0n) is 15.9. The molecule has 4 nitrogen and oxygen atoms in total. The Hall–Kier alpha value is -1.97. The molecule has 1 unspecified atom stereocenters. The molecule has 1 aliphatic rings. The minimum atomic E-state index is -1.08. The van der Waals surface area contributed by atoms with Crippen LogP contribution in [0.2, 0.25) is 0 Å². The number of hydrogen-bond donors (Lipinski definition) is 4. The van der Waals surface area contributed by atoms with Gasteiger partial charge in [0.25, 0.3) is 0 Å². The van der Waals surface area contributed by atoms with Crippen molar-refractivity contribution in [1.29, 1.82) is 0 Å². The van der Waals surface area contributed by atoms with Gasteiger partial charge in [0.1, 0.15) is 11.9 Å². The second kappa shape index (κ2) is 11.8. The molecule has 0 spiro atoms. The zero-order valence-corrected chi connectivity index (χ0v) is 15.9. The largest absolute Gasteiger partial charge is 0.396 e. The van der Waals surface area contributed by atoms with Crippen LogP contribution >= 0.6 is 0 Å². The van der Waals surface area contributed by atoms with E-state index in [2.05, 4.69) is 11.8 Å². The predicted octanol–water partition coefficient (Wildman–Crippen LogP) is 2.56. The molecule has 1 saturated carbocycles. The highest BCUT2D eigenvalue weighted by molar-refractivity contribution is 5.36. The average molecular weight is 388 g/mol. The van der Waals surface area contributed by atoms with E-state index in [0.29, 0.717) is 12.8 Å². The smallest absolute Gasteiger partial charge is 0.138 e. The predicted molar refractivity (Wildman–Crippen MR) is 107 cm³/mol. The lowest BCUT2D eigenvalue weighted by Gasteiger charge is -2.19. The van der Waals surface area contributed by atoms with Gasteiger partial charge in [-0.25, -0.2) is 4.39 Å². The number of aliphatic hydroxyl groups is 4. The molecule has 2 rings (SSSR count). The Kier molecular flexibility index (Phi) is 9.39. The van der Waals surface area contributed by atoms with Crippen LogP contribution in [0.5, 0.6) is 0 Å². The summed E-state index contributed by atoms with van der Waals surface area (Å²) >= 11 is 0. The van der Waals surface area contributed by atoms with Gasteiger partial charge in [-0.15, -0.1) is 0 Å². The molecule has 4 N–H and O–H groups in total. The highest BCUT2D eigenvalue weighted by Crippen LogP contribution is 2.36. The minimum Gasteiger partial charge on any atom is -0.396 e. The summed E-state index contributed by atoms with van der Waals surface area (Å²) < 4.78 is 13.6. The molecule has 0 bridgehead atoms. The Balaban J connectivity index is 1.94. The van der Waals surface area contributed by atoms with Crippen LogP contribution in [0.25, 0.3) is 0 Å². The third kappa shape index (κ3) is 6.88. The molecule has 1 aromatic rings. The van der Waals surface area contributed by atoms with Crippen molar-refractivity contribution in [2.75, 3.05) is 6.61 Å². The molecule has 1 aromatic carbocycles. The van der Waals surface area contributed by atoms with Crippen LogP contribution in [0.4, 0.5) is 4.39 Å². The van der Waals surface area contributed by atoms with Crippen molar-refractivity contribution in [3.05, 3.63) is 60.0 Å². The first-order valence-corrected chi connectivity index (χ1v) is 9.77. The summed E-state index contributed by atoms with van der Waals surface area (Å²) in [6, 6.07) is 6.10. The molecule has 1 fully saturated rings. The molecule has 0 saturated heterocycles. The number of unbranched alkanes of at least 4 members (excludes halogenated alkanes) is 2. The number of hydrogen-bond acceptors (Lipinski definition) is 4. The highest BCUT2D eigenvalue weighted by atomic mass is 19.1. The summed E-state index contributed by atoms with van der Waals surface area (Å²) in [5.74, 6) is 4.34. The average Bonchev–Trinajstić information content (AvgIpc) is 2.94. The van der Waals surface area contributed by atoms with Crippen molar-refractivity contribution >= 4 is 0 Å². The molecule has 152 valence electrons. The van der Waals surface area contributed by atoms with E-state index in [0.717, 1.165) is 19.3 Å². The first-order valence-electron chi connectivity index (χ1n) is 9.77. The maximum Gasteiger partial charge on any atom is 0.138 e. The second-order valence-corrected chi connectivity index (χ2v) is 7.12. The maximum absolute atomic E-state index is 13.6. The van der Waals surface area contributed by atoms with Gasteiger partial charge in [0.05, 0.1) is 17.8 Å². The van der Waals surface area contributed by atoms with Crippen molar-refractivity contribution < 1.29 is 24.8 Å². The van der Waals surface area contributed by atoms with Crippen molar-refractivity contribution in [2.24, 2.45) is 11.8 Å². The van der Waals surface area contributed by atoms with Crippen LogP contribution in [-0.4, -0.2) is 45.3 Å². The van der Waals surface area contributed by atoms with Gasteiger partial charge in [-0.2, -0.15) is 0 Å². The third-order valence-corrected chi connectivity index (χ3v) is 5.01. The summed E-state index contributed by atoms with van der Waals surface area (Å²) in [6.45, 7) is 0.191. The van der Waals surface area contributed by atoms with Gasteiger partial charge in [-0.05, 0) is 49.8 Å². The lowest BCUT2D eigenvalue weighted by molar-refractivity contribution is 0.120. The summed E-state index contributed by atoms with van der Waals surface area (Å²) in [6.07, 6.45) is 8.34. The first-order chi connectivity index (χ1) is 13.5. The molecular weight excluding hydrogens is 359 g/mol. The Morgan fingerprint density at radius 1 is 1.14 bits per heavy atom. The third-order valence-electron chi connectivity index (χ3n) is 5.01. The quantitative estimate of drug-likeness (QED) is 0.313. The maximum atomic E-state index is 13.6. The SMILES string of the molecule is OCCCC/C=C\C[C@@H]1[C@@H](/C=C/C(O)C#Cc2ccccc2F)[C@H](O)C[C@@H]1O. The summed E-state index contributed by atoms with van der Waals surface area (Å²) in [4.78, 5) is 0. The summed E-state index contributed by atoms with van der Waals surface area (Å²) in [7, 11) is 0. The van der Waals surface area contributed by atoms with Gasteiger partial charge in [0, 0.05) is 18.9 Å². The van der Waals surface area contributed by atoms with E-state index in [9.17, 15) is 19.7 Å². The van der Waals surface area contributed by atoms with Crippen molar-refractivity contribution in [1.82, 2.24) is 0 Å². The fourth-order valence-corrected chi connectivity index (χ4v) is 3.45. The van der Waals surface area contributed by atoms with E-state index in [4.69, 9.17) is 5.11 Å². The Morgan fingerprint density at radius 2 is 1.93 bits per heavy atom. The van der Waals surface area contributed by atoms with Crippen LogP contribution in [-0.2, 0) is 0 Å². The van der Waals surface area contributed by atoms with Crippen LogP contribution in [0, 0.1) is 29.5 Å². The van der Waals surface area contributed by atoms with E-state index in [1.807, 2.05) is 12.2 Å². The molecule has 5 heteroatoms.